The van der Waals surface area contributed by atoms with Crippen LogP contribution in [0, 0.1) is 6.92 Å². The average molecular weight is 256 g/mol. The van der Waals surface area contributed by atoms with Gasteiger partial charge in [0.25, 0.3) is 0 Å². The molecule has 0 atom stereocenters. The van der Waals surface area contributed by atoms with Crippen LogP contribution in [-0.4, -0.2) is 17.1 Å². The van der Waals surface area contributed by atoms with Gasteiger partial charge in [0.15, 0.2) is 0 Å². The molecule has 2 aromatic heterocycles. The number of aryl methyl sites for hydroxylation is 1. The quantitative estimate of drug-likeness (QED) is 0.701. The highest BCUT2D eigenvalue weighted by Gasteiger charge is 2.12. The van der Waals surface area contributed by atoms with E-state index < -0.39 is 0 Å². The van der Waals surface area contributed by atoms with Gasteiger partial charge in [0.1, 0.15) is 5.69 Å². The van der Waals surface area contributed by atoms with Gasteiger partial charge in [-0.05, 0) is 31.2 Å². The van der Waals surface area contributed by atoms with Gasteiger partial charge in [-0.2, -0.15) is 0 Å². The van der Waals surface area contributed by atoms with Crippen LogP contribution in [0.4, 0.5) is 0 Å². The molecular weight excluding hydrogens is 244 g/mol. The summed E-state index contributed by atoms with van der Waals surface area (Å²) in [6.45, 7) is 2.08. The van der Waals surface area contributed by atoms with Crippen LogP contribution >= 0.6 is 11.3 Å². The predicted octanol–water partition coefficient (Wildman–Crippen LogP) is 3.68. The Hall–Kier alpha value is -1.94. The number of para-hydroxylation sites is 2. The van der Waals surface area contributed by atoms with Crippen molar-refractivity contribution in [3.8, 4) is 16.5 Å². The Balaban J connectivity index is 2.26. The van der Waals surface area contributed by atoms with E-state index in [4.69, 9.17) is 4.74 Å². The van der Waals surface area contributed by atoms with Gasteiger partial charge < -0.3 is 4.74 Å². The molecular formula is C14H12N2OS. The summed E-state index contributed by atoms with van der Waals surface area (Å²) in [7, 11) is 1.63. The number of ether oxygens (including phenoxy) is 1. The minimum absolute atomic E-state index is 0.579. The van der Waals surface area contributed by atoms with Crippen LogP contribution in [0.1, 0.15) is 4.88 Å². The average Bonchev–Trinajstić information content (AvgIpc) is 2.83. The van der Waals surface area contributed by atoms with E-state index in [-0.39, 0.29) is 0 Å². The molecule has 18 heavy (non-hydrogen) atoms. The summed E-state index contributed by atoms with van der Waals surface area (Å²) in [6, 6.07) is 12.0. The van der Waals surface area contributed by atoms with Crippen molar-refractivity contribution in [2.75, 3.05) is 7.11 Å². The van der Waals surface area contributed by atoms with Crippen LogP contribution in [0.25, 0.3) is 21.6 Å². The molecule has 0 fully saturated rings. The van der Waals surface area contributed by atoms with Crippen molar-refractivity contribution in [3.05, 3.63) is 41.3 Å². The molecule has 0 saturated heterocycles. The number of rotatable bonds is 2. The van der Waals surface area contributed by atoms with Crippen LogP contribution in [-0.2, 0) is 0 Å². The van der Waals surface area contributed by atoms with E-state index in [1.165, 1.54) is 4.88 Å². The maximum atomic E-state index is 5.35. The molecule has 0 spiro atoms. The summed E-state index contributed by atoms with van der Waals surface area (Å²) in [5.74, 6) is 0.579. The largest absolute Gasteiger partial charge is 0.479 e. The Kier molecular flexibility index (Phi) is 2.72. The summed E-state index contributed by atoms with van der Waals surface area (Å²) in [4.78, 5) is 11.5. The highest BCUT2D eigenvalue weighted by molar-refractivity contribution is 7.15. The van der Waals surface area contributed by atoms with E-state index >= 15 is 0 Å². The molecule has 3 rings (SSSR count). The lowest BCUT2D eigenvalue weighted by Gasteiger charge is -2.06. The molecule has 0 bridgehead atoms. The van der Waals surface area contributed by atoms with Crippen LogP contribution in [0.15, 0.2) is 36.4 Å². The molecule has 3 aromatic rings. The summed E-state index contributed by atoms with van der Waals surface area (Å²) < 4.78 is 5.35. The zero-order valence-corrected chi connectivity index (χ0v) is 11.0. The summed E-state index contributed by atoms with van der Waals surface area (Å²) in [5, 5.41) is 0. The third-order valence-electron chi connectivity index (χ3n) is 2.71. The second-order valence-corrected chi connectivity index (χ2v) is 5.27. The zero-order valence-electron chi connectivity index (χ0n) is 10.2. The van der Waals surface area contributed by atoms with Crippen LogP contribution in [0.3, 0.4) is 0 Å². The van der Waals surface area contributed by atoms with Crippen molar-refractivity contribution < 1.29 is 4.74 Å². The Morgan fingerprint density at radius 1 is 1.00 bits per heavy atom. The molecule has 0 N–H and O–H groups in total. The summed E-state index contributed by atoms with van der Waals surface area (Å²) in [6.07, 6.45) is 0. The lowest BCUT2D eigenvalue weighted by Crippen LogP contribution is -1.95. The van der Waals surface area contributed by atoms with E-state index in [0.717, 1.165) is 21.6 Å². The molecule has 0 aliphatic rings. The fraction of sp³-hybridized carbons (Fsp3) is 0.143. The second kappa shape index (κ2) is 4.38. The summed E-state index contributed by atoms with van der Waals surface area (Å²) in [5.41, 5.74) is 2.56. The number of benzene rings is 1. The molecule has 90 valence electrons. The Morgan fingerprint density at radius 3 is 2.33 bits per heavy atom. The van der Waals surface area contributed by atoms with Crippen LogP contribution in [0.2, 0.25) is 0 Å². The number of hydrogen-bond acceptors (Lipinski definition) is 4. The van der Waals surface area contributed by atoms with E-state index in [1.54, 1.807) is 18.4 Å². The zero-order chi connectivity index (χ0) is 12.5. The number of aromatic nitrogens is 2. The third-order valence-corrected chi connectivity index (χ3v) is 3.71. The minimum atomic E-state index is 0.579. The van der Waals surface area contributed by atoms with Gasteiger partial charge in [-0.15, -0.1) is 11.3 Å². The standard InChI is InChI=1S/C14H12N2OS/c1-9-7-8-12(18-9)13-14(17-2)16-11-6-4-3-5-10(11)15-13/h3-8H,1-2H3. The van der Waals surface area contributed by atoms with E-state index in [1.807, 2.05) is 24.3 Å². The van der Waals surface area contributed by atoms with E-state index in [2.05, 4.69) is 29.0 Å². The normalized spacial score (nSPS) is 10.8. The molecule has 0 aliphatic heterocycles. The molecule has 3 nitrogen and oxygen atoms in total. The van der Waals surface area contributed by atoms with Gasteiger partial charge in [-0.3, -0.25) is 0 Å². The van der Waals surface area contributed by atoms with Crippen LogP contribution < -0.4 is 4.74 Å². The molecule has 2 heterocycles. The molecule has 0 unspecified atom stereocenters. The summed E-state index contributed by atoms with van der Waals surface area (Å²) >= 11 is 1.70. The fourth-order valence-corrected chi connectivity index (χ4v) is 2.70. The molecule has 0 amide bonds. The van der Waals surface area contributed by atoms with Crippen molar-refractivity contribution in [1.29, 1.82) is 0 Å². The number of thiophene rings is 1. The topological polar surface area (TPSA) is 35.0 Å². The van der Waals surface area contributed by atoms with Crippen molar-refractivity contribution in [1.82, 2.24) is 9.97 Å². The van der Waals surface area contributed by atoms with Crippen molar-refractivity contribution >= 4 is 22.4 Å². The number of methoxy groups -OCH3 is 1. The SMILES string of the molecule is COc1nc2ccccc2nc1-c1ccc(C)s1. The predicted molar refractivity (Wildman–Crippen MR) is 74.1 cm³/mol. The molecule has 0 aliphatic carbocycles. The van der Waals surface area contributed by atoms with E-state index in [0.29, 0.717) is 5.88 Å². The van der Waals surface area contributed by atoms with Crippen molar-refractivity contribution in [2.45, 2.75) is 6.92 Å². The molecule has 1 aromatic carbocycles. The van der Waals surface area contributed by atoms with Gasteiger partial charge in [-0.25, -0.2) is 9.97 Å². The Morgan fingerprint density at radius 2 is 1.72 bits per heavy atom. The minimum Gasteiger partial charge on any atom is -0.479 e. The third kappa shape index (κ3) is 1.84. The van der Waals surface area contributed by atoms with Crippen molar-refractivity contribution in [2.24, 2.45) is 0 Å². The monoisotopic (exact) mass is 256 g/mol. The molecule has 0 radical (unpaired) electrons. The first-order valence-electron chi connectivity index (χ1n) is 5.65. The highest BCUT2D eigenvalue weighted by Crippen LogP contribution is 2.33. The molecule has 4 heteroatoms. The molecule has 0 saturated carbocycles. The smallest absolute Gasteiger partial charge is 0.241 e. The number of hydrogen-bond donors (Lipinski definition) is 0. The number of nitrogens with zero attached hydrogens (tertiary/aromatic N) is 2. The van der Waals surface area contributed by atoms with Gasteiger partial charge in [0.2, 0.25) is 5.88 Å². The van der Waals surface area contributed by atoms with Crippen LogP contribution in [0.5, 0.6) is 5.88 Å². The first kappa shape index (κ1) is 11.2. The van der Waals surface area contributed by atoms with Gasteiger partial charge >= 0.3 is 0 Å². The first-order chi connectivity index (χ1) is 8.78. The fourth-order valence-electron chi connectivity index (χ4n) is 1.85. The lowest BCUT2D eigenvalue weighted by molar-refractivity contribution is 0.400. The van der Waals surface area contributed by atoms with Gasteiger partial charge in [-0.1, -0.05) is 12.1 Å². The number of fused-ring (bicyclic) bond motifs is 1. The van der Waals surface area contributed by atoms with Crippen molar-refractivity contribution in [3.63, 3.8) is 0 Å². The Labute approximate surface area is 109 Å². The van der Waals surface area contributed by atoms with Gasteiger partial charge in [0.05, 0.1) is 23.0 Å². The van der Waals surface area contributed by atoms with E-state index in [9.17, 15) is 0 Å². The maximum absolute atomic E-state index is 5.35. The van der Waals surface area contributed by atoms with Gasteiger partial charge in [0, 0.05) is 4.88 Å². The second-order valence-electron chi connectivity index (χ2n) is 3.98. The lowest BCUT2D eigenvalue weighted by atomic mass is 10.2. The Bertz CT molecular complexity index is 706. The maximum Gasteiger partial charge on any atom is 0.241 e. The first-order valence-corrected chi connectivity index (χ1v) is 6.47. The highest BCUT2D eigenvalue weighted by atomic mass is 32.1.